The molecule has 0 spiro atoms. The average molecular weight is 365 g/mol. The van der Waals surface area contributed by atoms with Crippen molar-refractivity contribution in [1.82, 2.24) is 0 Å². The summed E-state index contributed by atoms with van der Waals surface area (Å²) in [5.74, 6) is 1.57. The van der Waals surface area contributed by atoms with E-state index in [1.54, 1.807) is 0 Å². The first-order valence-corrected chi connectivity index (χ1v) is 10.6. The van der Waals surface area contributed by atoms with Crippen molar-refractivity contribution in [3.8, 4) is 11.5 Å². The summed E-state index contributed by atoms with van der Waals surface area (Å²) in [6.45, 7) is 5.69. The molecule has 0 saturated heterocycles. The Morgan fingerprint density at radius 2 is 1.64 bits per heavy atom. The van der Waals surface area contributed by atoms with Crippen LogP contribution >= 0.6 is 11.8 Å². The van der Waals surface area contributed by atoms with Gasteiger partial charge in [-0.25, -0.2) is 5.53 Å². The van der Waals surface area contributed by atoms with Crippen molar-refractivity contribution in [3.63, 3.8) is 0 Å². The van der Waals surface area contributed by atoms with Crippen molar-refractivity contribution in [2.75, 3.05) is 13.2 Å². The van der Waals surface area contributed by atoms with E-state index in [-0.39, 0.29) is 0 Å². The number of nitrogens with one attached hydrogen (secondary N) is 1. The third-order valence-corrected chi connectivity index (χ3v) is 5.88. The van der Waals surface area contributed by atoms with E-state index >= 15 is 0 Å². The van der Waals surface area contributed by atoms with Crippen LogP contribution < -0.4 is 9.47 Å². The van der Waals surface area contributed by atoms with Gasteiger partial charge < -0.3 is 9.47 Å². The summed E-state index contributed by atoms with van der Waals surface area (Å²) in [6, 6.07) is 3.93. The smallest absolute Gasteiger partial charge is 0.148 e. The quantitative estimate of drug-likeness (QED) is 0.335. The van der Waals surface area contributed by atoms with Crippen LogP contribution in [0.5, 0.6) is 11.5 Å². The fraction of sp³-hybridized carbons (Fsp3) is 0.700. The average Bonchev–Trinajstić information content (AvgIpc) is 2.64. The van der Waals surface area contributed by atoms with E-state index in [0.717, 1.165) is 36.3 Å². The van der Waals surface area contributed by atoms with Crippen LogP contribution in [0.4, 0.5) is 5.69 Å². The van der Waals surface area contributed by atoms with Crippen molar-refractivity contribution in [1.29, 1.82) is 5.53 Å². The van der Waals surface area contributed by atoms with Crippen molar-refractivity contribution >= 4 is 17.4 Å². The summed E-state index contributed by atoms with van der Waals surface area (Å²) in [6.07, 6.45) is 10.8. The molecule has 2 rings (SSSR count). The largest absolute Gasteiger partial charge is 0.492 e. The highest BCUT2D eigenvalue weighted by atomic mass is 32.2. The van der Waals surface area contributed by atoms with E-state index in [0.29, 0.717) is 29.9 Å². The molecule has 1 saturated carbocycles. The van der Waals surface area contributed by atoms with Crippen LogP contribution in [0.25, 0.3) is 0 Å². The van der Waals surface area contributed by atoms with Gasteiger partial charge in [0.1, 0.15) is 17.2 Å². The van der Waals surface area contributed by atoms with Crippen LogP contribution in [-0.2, 0) is 0 Å². The first kappa shape index (κ1) is 20.1. The Balaban J connectivity index is 2.19. The lowest BCUT2D eigenvalue weighted by molar-refractivity contribution is 0.295. The Kier molecular flexibility index (Phi) is 9.16. The summed E-state index contributed by atoms with van der Waals surface area (Å²) < 4.78 is 11.9. The van der Waals surface area contributed by atoms with Gasteiger partial charge in [0.05, 0.1) is 18.1 Å². The standard InChI is InChI=1S/C20H32N2O2S/c1-3-5-12-23-18-15-20(25-16-10-8-7-9-11-16)19(14-17(18)22-21)24-13-6-4-2/h14-16,21H,3-13H2,1-2H3. The Morgan fingerprint density at radius 3 is 2.24 bits per heavy atom. The van der Waals surface area contributed by atoms with E-state index in [1.807, 2.05) is 23.9 Å². The first-order valence-electron chi connectivity index (χ1n) is 9.76. The molecule has 0 heterocycles. The van der Waals surface area contributed by atoms with Gasteiger partial charge in [-0.1, -0.05) is 46.0 Å². The Hall–Kier alpha value is -1.23. The molecule has 1 fully saturated rings. The number of ether oxygens (including phenoxy) is 2. The van der Waals surface area contributed by atoms with Gasteiger partial charge in [-0.2, -0.15) is 5.11 Å². The molecule has 0 bridgehead atoms. The molecular formula is C20H32N2O2S. The van der Waals surface area contributed by atoms with Crippen LogP contribution in [-0.4, -0.2) is 18.5 Å². The van der Waals surface area contributed by atoms with Crippen molar-refractivity contribution in [2.45, 2.75) is 81.8 Å². The van der Waals surface area contributed by atoms with Crippen LogP contribution in [0.1, 0.15) is 71.6 Å². The highest BCUT2D eigenvalue weighted by Gasteiger charge is 2.19. The van der Waals surface area contributed by atoms with Gasteiger partial charge in [0.25, 0.3) is 0 Å². The monoisotopic (exact) mass is 364 g/mol. The lowest BCUT2D eigenvalue weighted by Crippen LogP contribution is -2.08. The van der Waals surface area contributed by atoms with E-state index in [1.165, 1.54) is 32.1 Å². The third kappa shape index (κ3) is 6.53. The van der Waals surface area contributed by atoms with E-state index in [9.17, 15) is 0 Å². The third-order valence-electron chi connectivity index (χ3n) is 4.50. The lowest BCUT2D eigenvalue weighted by atomic mass is 10.0. The maximum Gasteiger partial charge on any atom is 0.148 e. The molecule has 25 heavy (non-hydrogen) atoms. The minimum Gasteiger partial charge on any atom is -0.492 e. The molecule has 0 unspecified atom stereocenters. The number of nitrogens with zero attached hydrogens (tertiary/aromatic N) is 1. The SMILES string of the molecule is CCCCOc1cc(SC2CCCCC2)c(OCCCC)cc1N=N. The van der Waals surface area contributed by atoms with E-state index in [2.05, 4.69) is 19.0 Å². The number of hydrogen-bond acceptors (Lipinski definition) is 5. The van der Waals surface area contributed by atoms with Crippen molar-refractivity contribution < 1.29 is 9.47 Å². The molecule has 1 aromatic rings. The Labute approximate surface area is 156 Å². The molecule has 1 aliphatic carbocycles. The maximum atomic E-state index is 7.48. The van der Waals surface area contributed by atoms with Gasteiger partial charge in [-0.15, -0.1) is 11.8 Å². The Morgan fingerprint density at radius 1 is 1.00 bits per heavy atom. The van der Waals surface area contributed by atoms with Crippen molar-refractivity contribution in [2.24, 2.45) is 5.11 Å². The van der Waals surface area contributed by atoms with Gasteiger partial charge in [0.2, 0.25) is 0 Å². The zero-order chi connectivity index (χ0) is 17.9. The molecule has 0 atom stereocenters. The molecule has 0 aromatic heterocycles. The molecule has 1 aromatic carbocycles. The van der Waals surface area contributed by atoms with Gasteiger partial charge in [-0.05, 0) is 31.7 Å². The van der Waals surface area contributed by atoms with Gasteiger partial charge in [-0.3, -0.25) is 0 Å². The van der Waals surface area contributed by atoms with Gasteiger partial charge in [0, 0.05) is 11.3 Å². The zero-order valence-corrected chi connectivity index (χ0v) is 16.5. The molecular weight excluding hydrogens is 332 g/mol. The molecule has 140 valence electrons. The molecule has 1 N–H and O–H groups in total. The van der Waals surface area contributed by atoms with Crippen LogP contribution in [0.3, 0.4) is 0 Å². The van der Waals surface area contributed by atoms with Crippen molar-refractivity contribution in [3.05, 3.63) is 12.1 Å². The number of benzene rings is 1. The number of thioether (sulfide) groups is 1. The zero-order valence-electron chi connectivity index (χ0n) is 15.7. The van der Waals surface area contributed by atoms with Crippen LogP contribution in [0, 0.1) is 5.53 Å². The van der Waals surface area contributed by atoms with Gasteiger partial charge in [0.15, 0.2) is 0 Å². The predicted octanol–water partition coefficient (Wildman–Crippen LogP) is 7.13. The number of rotatable bonds is 11. The molecule has 1 aliphatic rings. The first-order chi connectivity index (χ1) is 12.3. The second-order valence-electron chi connectivity index (χ2n) is 6.66. The molecule has 5 heteroatoms. The summed E-state index contributed by atoms with van der Waals surface area (Å²) >= 11 is 1.91. The summed E-state index contributed by atoms with van der Waals surface area (Å²) in [5, 5.41) is 4.32. The van der Waals surface area contributed by atoms with Crippen LogP contribution in [0.15, 0.2) is 22.1 Å². The molecule has 4 nitrogen and oxygen atoms in total. The summed E-state index contributed by atoms with van der Waals surface area (Å²) in [4.78, 5) is 1.14. The fourth-order valence-corrected chi connectivity index (χ4v) is 4.29. The number of unbranched alkanes of at least 4 members (excludes halogenated alkanes) is 2. The summed E-state index contributed by atoms with van der Waals surface area (Å²) in [5.41, 5.74) is 8.05. The van der Waals surface area contributed by atoms with E-state index < -0.39 is 0 Å². The Bertz CT molecular complexity index is 531. The predicted molar refractivity (Wildman–Crippen MR) is 105 cm³/mol. The normalized spacial score (nSPS) is 15.1. The second kappa shape index (κ2) is 11.4. The van der Waals surface area contributed by atoms with E-state index in [4.69, 9.17) is 15.0 Å². The number of hydrogen-bond donors (Lipinski definition) is 1. The molecule has 0 amide bonds. The fourth-order valence-electron chi connectivity index (χ4n) is 2.95. The summed E-state index contributed by atoms with van der Waals surface area (Å²) in [7, 11) is 0. The maximum absolute atomic E-state index is 7.48. The topological polar surface area (TPSA) is 54.7 Å². The van der Waals surface area contributed by atoms with Gasteiger partial charge >= 0.3 is 0 Å². The van der Waals surface area contributed by atoms with Crippen LogP contribution in [0.2, 0.25) is 0 Å². The lowest BCUT2D eigenvalue weighted by Gasteiger charge is -2.23. The highest BCUT2D eigenvalue weighted by molar-refractivity contribution is 8.00. The minimum absolute atomic E-state index is 0.565. The highest BCUT2D eigenvalue weighted by Crippen LogP contribution is 2.44. The minimum atomic E-state index is 0.565. The molecule has 0 aliphatic heterocycles. The second-order valence-corrected chi connectivity index (χ2v) is 8.00. The molecule has 0 radical (unpaired) electrons.